The number of nitrogens with one attached hydrogen (secondary N) is 1. The fourth-order valence-electron chi connectivity index (χ4n) is 3.93. The largest absolute Gasteiger partial charge is 0.377 e. The molecule has 1 amide bonds. The minimum absolute atomic E-state index is 0.0653. The van der Waals surface area contributed by atoms with Crippen LogP contribution in [0.15, 0.2) is 16.4 Å². The first kappa shape index (κ1) is 21.0. The molecule has 0 saturated heterocycles. The molecule has 0 bridgehead atoms. The van der Waals surface area contributed by atoms with Crippen LogP contribution in [0.1, 0.15) is 56.0 Å². The molecule has 4 atom stereocenters. The van der Waals surface area contributed by atoms with Crippen molar-refractivity contribution in [2.24, 2.45) is 5.92 Å². The highest BCUT2D eigenvalue weighted by molar-refractivity contribution is 8.01. The number of aromatic nitrogens is 4. The molecule has 1 N–H and O–H groups in total. The number of rotatable bonds is 7. The van der Waals surface area contributed by atoms with Crippen molar-refractivity contribution in [1.82, 2.24) is 20.2 Å². The second kappa shape index (κ2) is 9.28. The van der Waals surface area contributed by atoms with E-state index in [9.17, 15) is 4.79 Å². The van der Waals surface area contributed by atoms with Crippen LogP contribution in [0.4, 0.5) is 5.13 Å². The van der Waals surface area contributed by atoms with Gasteiger partial charge in [0.05, 0.1) is 5.25 Å². The zero-order chi connectivity index (χ0) is 20.4. The number of thioether (sulfide) groups is 2. The number of methoxy groups -OCH3 is 1. The Morgan fingerprint density at radius 1 is 1.38 bits per heavy atom. The molecule has 4 unspecified atom stereocenters. The lowest BCUT2D eigenvalue weighted by Gasteiger charge is -2.29. The van der Waals surface area contributed by atoms with Gasteiger partial charge in [0, 0.05) is 23.8 Å². The van der Waals surface area contributed by atoms with Crippen LogP contribution in [0.5, 0.6) is 0 Å². The molecule has 0 radical (unpaired) electrons. The van der Waals surface area contributed by atoms with E-state index in [0.717, 1.165) is 21.0 Å². The molecule has 2 aromatic rings. The van der Waals surface area contributed by atoms with Gasteiger partial charge in [-0.25, -0.2) is 9.97 Å². The summed E-state index contributed by atoms with van der Waals surface area (Å²) in [6.07, 6.45) is 6.01. The van der Waals surface area contributed by atoms with E-state index in [1.165, 1.54) is 36.2 Å². The summed E-state index contributed by atoms with van der Waals surface area (Å²) >= 11 is 4.79. The molecule has 4 rings (SSSR count). The second-order valence-electron chi connectivity index (χ2n) is 7.52. The molecule has 2 aliphatic rings. The summed E-state index contributed by atoms with van der Waals surface area (Å²) in [6.45, 7) is 4.75. The Morgan fingerprint density at radius 2 is 2.24 bits per heavy atom. The number of fused-ring (bicyclic) bond motifs is 3. The van der Waals surface area contributed by atoms with Crippen LogP contribution in [-0.2, 0) is 16.1 Å². The minimum Gasteiger partial charge on any atom is -0.377 e. The summed E-state index contributed by atoms with van der Waals surface area (Å²) in [5.41, 5.74) is 1.27. The Morgan fingerprint density at radius 3 is 3.03 bits per heavy atom. The summed E-state index contributed by atoms with van der Waals surface area (Å²) in [5, 5.41) is 14.6. The molecular weight excluding hydrogens is 426 g/mol. The van der Waals surface area contributed by atoms with Crippen LogP contribution in [0.2, 0.25) is 0 Å². The lowest BCUT2D eigenvalue weighted by Crippen LogP contribution is -2.25. The molecule has 1 aliphatic heterocycles. The third-order valence-corrected chi connectivity index (χ3v) is 8.95. The lowest BCUT2D eigenvalue weighted by atomic mass is 9.80. The number of ether oxygens (including phenoxy) is 1. The molecule has 3 heterocycles. The molecule has 1 aliphatic carbocycles. The second-order valence-corrected chi connectivity index (χ2v) is 11.0. The number of carbonyl (C=O) groups excluding carboxylic acids is 1. The van der Waals surface area contributed by atoms with Crippen LogP contribution in [-0.4, -0.2) is 43.7 Å². The van der Waals surface area contributed by atoms with Gasteiger partial charge in [0.2, 0.25) is 11.0 Å². The van der Waals surface area contributed by atoms with Gasteiger partial charge >= 0.3 is 0 Å². The highest BCUT2D eigenvalue weighted by Gasteiger charge is 2.40. The number of hydrogen-bond acceptors (Lipinski definition) is 9. The van der Waals surface area contributed by atoms with Crippen molar-refractivity contribution < 1.29 is 9.53 Å². The van der Waals surface area contributed by atoms with Crippen molar-refractivity contribution in [2.45, 2.75) is 72.6 Å². The fourth-order valence-corrected chi connectivity index (χ4v) is 7.43. The summed E-state index contributed by atoms with van der Waals surface area (Å²) < 4.78 is 5.06. The maximum atomic E-state index is 12.9. The lowest BCUT2D eigenvalue weighted by molar-refractivity contribution is -0.115. The van der Waals surface area contributed by atoms with Crippen LogP contribution >= 0.6 is 34.9 Å². The Labute approximate surface area is 183 Å². The van der Waals surface area contributed by atoms with E-state index in [0.29, 0.717) is 29.3 Å². The molecule has 0 aromatic carbocycles. The minimum atomic E-state index is -0.240. The standard InChI is InChI=1S/C19H25N5O2S3/c1-4-12(16(25)22-19-24-23-14(29-19)8-26-3)27-17-15-11-6-5-10(2)7-13(11)28-18(15)21-9-20-17/h9-13H,4-8H2,1-3H3,(H,22,24,25). The Hall–Kier alpha value is -1.23. The van der Waals surface area contributed by atoms with Gasteiger partial charge in [-0.05, 0) is 25.2 Å². The van der Waals surface area contributed by atoms with E-state index in [-0.39, 0.29) is 11.2 Å². The van der Waals surface area contributed by atoms with E-state index in [4.69, 9.17) is 4.74 Å². The van der Waals surface area contributed by atoms with Gasteiger partial charge in [0.1, 0.15) is 28.0 Å². The number of hydrogen-bond donors (Lipinski definition) is 1. The molecule has 0 spiro atoms. The quantitative estimate of drug-likeness (QED) is 0.490. The first-order chi connectivity index (χ1) is 14.1. The Balaban J connectivity index is 1.48. The summed E-state index contributed by atoms with van der Waals surface area (Å²) in [4.78, 5) is 22.0. The first-order valence-corrected chi connectivity index (χ1v) is 12.5. The highest BCUT2D eigenvalue weighted by atomic mass is 32.2. The number of carbonyl (C=O) groups is 1. The van der Waals surface area contributed by atoms with Crippen molar-refractivity contribution >= 4 is 45.9 Å². The monoisotopic (exact) mass is 451 g/mol. The number of nitrogens with zero attached hydrogens (tertiary/aromatic N) is 4. The average molecular weight is 452 g/mol. The normalized spacial score (nSPS) is 24.0. The molecular formula is C19H25N5O2S3. The number of amides is 1. The predicted molar refractivity (Wildman–Crippen MR) is 117 cm³/mol. The van der Waals surface area contributed by atoms with Crippen molar-refractivity contribution in [2.75, 3.05) is 12.4 Å². The Bertz CT molecular complexity index is 877. The van der Waals surface area contributed by atoms with Crippen LogP contribution < -0.4 is 5.32 Å². The predicted octanol–water partition coefficient (Wildman–Crippen LogP) is 4.36. The van der Waals surface area contributed by atoms with Gasteiger partial charge in [-0.3, -0.25) is 10.1 Å². The molecule has 10 heteroatoms. The maximum absolute atomic E-state index is 12.9. The summed E-state index contributed by atoms with van der Waals surface area (Å²) in [5.74, 6) is 1.21. The molecule has 156 valence electrons. The van der Waals surface area contributed by atoms with E-state index in [1.807, 2.05) is 18.7 Å². The maximum Gasteiger partial charge on any atom is 0.239 e. The van der Waals surface area contributed by atoms with Gasteiger partial charge in [-0.1, -0.05) is 43.4 Å². The van der Waals surface area contributed by atoms with E-state index >= 15 is 0 Å². The average Bonchev–Trinajstić information content (AvgIpc) is 3.29. The molecule has 1 saturated carbocycles. The van der Waals surface area contributed by atoms with Crippen LogP contribution in [0.3, 0.4) is 0 Å². The first-order valence-electron chi connectivity index (χ1n) is 9.89. The van der Waals surface area contributed by atoms with Crippen LogP contribution in [0.25, 0.3) is 0 Å². The van der Waals surface area contributed by atoms with E-state index in [2.05, 4.69) is 32.4 Å². The molecule has 7 nitrogen and oxygen atoms in total. The topological polar surface area (TPSA) is 89.9 Å². The van der Waals surface area contributed by atoms with Crippen LogP contribution in [0, 0.1) is 5.92 Å². The fraction of sp³-hybridized carbons (Fsp3) is 0.632. The molecule has 29 heavy (non-hydrogen) atoms. The summed E-state index contributed by atoms with van der Waals surface area (Å²) in [7, 11) is 1.61. The summed E-state index contributed by atoms with van der Waals surface area (Å²) in [6, 6.07) is 0. The third-order valence-electron chi connectivity index (χ3n) is 5.38. The zero-order valence-corrected chi connectivity index (χ0v) is 19.2. The Kier molecular flexibility index (Phi) is 6.73. The number of anilines is 1. The van der Waals surface area contributed by atoms with E-state index in [1.54, 1.807) is 25.2 Å². The van der Waals surface area contributed by atoms with Crippen molar-refractivity contribution in [1.29, 1.82) is 0 Å². The molecule has 1 fully saturated rings. The van der Waals surface area contributed by atoms with E-state index < -0.39 is 0 Å². The SMILES string of the molecule is CCC(Sc1ncnc2c1C1CCC(C)CC1S2)C(=O)Nc1nnc(COC)s1. The smallest absolute Gasteiger partial charge is 0.239 e. The van der Waals surface area contributed by atoms with Gasteiger partial charge in [-0.15, -0.1) is 22.0 Å². The van der Waals surface area contributed by atoms with Gasteiger partial charge in [-0.2, -0.15) is 0 Å². The van der Waals surface area contributed by atoms with Gasteiger partial charge < -0.3 is 4.74 Å². The zero-order valence-electron chi connectivity index (χ0n) is 16.8. The van der Waals surface area contributed by atoms with Crippen molar-refractivity contribution in [3.63, 3.8) is 0 Å². The highest BCUT2D eigenvalue weighted by Crippen LogP contribution is 2.54. The van der Waals surface area contributed by atoms with Crippen molar-refractivity contribution in [3.05, 3.63) is 16.9 Å². The van der Waals surface area contributed by atoms with Gasteiger partial charge in [0.15, 0.2) is 0 Å². The molecule has 2 aromatic heterocycles. The third kappa shape index (κ3) is 4.60. The van der Waals surface area contributed by atoms with Crippen molar-refractivity contribution in [3.8, 4) is 0 Å². The van der Waals surface area contributed by atoms with Gasteiger partial charge in [0.25, 0.3) is 0 Å².